The SMILES string of the molecule is O=C(C[C@H](Cn1cnnn1)c1ccc(Cl)cc1)N1CCN(CCc2ccccn2)CC1. The van der Waals surface area contributed by atoms with E-state index in [-0.39, 0.29) is 11.8 Å². The molecule has 0 bridgehead atoms. The minimum absolute atomic E-state index is 0.0181. The highest BCUT2D eigenvalue weighted by atomic mass is 35.5. The van der Waals surface area contributed by atoms with Gasteiger partial charge in [-0.05, 0) is 40.3 Å². The van der Waals surface area contributed by atoms with Crippen LogP contribution in [0.3, 0.4) is 0 Å². The first kappa shape index (κ1) is 21.4. The normalized spacial score (nSPS) is 15.7. The van der Waals surface area contributed by atoms with Crippen LogP contribution in [0.1, 0.15) is 23.6 Å². The Labute approximate surface area is 186 Å². The van der Waals surface area contributed by atoms with E-state index in [0.29, 0.717) is 18.0 Å². The number of carbonyl (C=O) groups is 1. The average Bonchev–Trinajstić information content (AvgIpc) is 3.32. The van der Waals surface area contributed by atoms with Crippen molar-refractivity contribution in [2.24, 2.45) is 0 Å². The zero-order valence-corrected chi connectivity index (χ0v) is 18.1. The van der Waals surface area contributed by atoms with Crippen LogP contribution in [0.4, 0.5) is 0 Å². The highest BCUT2D eigenvalue weighted by Crippen LogP contribution is 2.24. The lowest BCUT2D eigenvalue weighted by atomic mass is 9.95. The predicted molar refractivity (Wildman–Crippen MR) is 118 cm³/mol. The maximum Gasteiger partial charge on any atom is 0.223 e. The molecule has 0 N–H and O–H groups in total. The van der Waals surface area contributed by atoms with Crippen molar-refractivity contribution in [1.29, 1.82) is 0 Å². The maximum absolute atomic E-state index is 13.1. The number of aromatic nitrogens is 5. The summed E-state index contributed by atoms with van der Waals surface area (Å²) in [5, 5.41) is 12.1. The van der Waals surface area contributed by atoms with E-state index in [9.17, 15) is 4.79 Å². The molecule has 3 heterocycles. The van der Waals surface area contributed by atoms with E-state index in [2.05, 4.69) is 31.5 Å². The van der Waals surface area contributed by atoms with Crippen molar-refractivity contribution >= 4 is 17.5 Å². The Kier molecular flexibility index (Phi) is 7.22. The molecule has 0 spiro atoms. The lowest BCUT2D eigenvalue weighted by Crippen LogP contribution is -2.49. The quantitative estimate of drug-likeness (QED) is 0.535. The Hall–Kier alpha value is -2.84. The van der Waals surface area contributed by atoms with Crippen LogP contribution in [-0.2, 0) is 17.8 Å². The number of nitrogens with zero attached hydrogens (tertiary/aromatic N) is 7. The van der Waals surface area contributed by atoms with E-state index in [1.54, 1.807) is 11.0 Å². The van der Waals surface area contributed by atoms with Gasteiger partial charge in [0.05, 0.1) is 6.54 Å². The summed E-state index contributed by atoms with van der Waals surface area (Å²) >= 11 is 6.04. The Morgan fingerprint density at radius 1 is 1.06 bits per heavy atom. The number of carbonyl (C=O) groups excluding carboxylic acids is 1. The molecule has 9 heteroatoms. The van der Waals surface area contributed by atoms with Gasteiger partial charge in [0.25, 0.3) is 0 Å². The van der Waals surface area contributed by atoms with E-state index < -0.39 is 0 Å². The second-order valence-electron chi connectivity index (χ2n) is 7.78. The molecule has 3 aromatic rings. The Morgan fingerprint density at radius 2 is 1.87 bits per heavy atom. The number of rotatable bonds is 8. The molecule has 31 heavy (non-hydrogen) atoms. The van der Waals surface area contributed by atoms with Gasteiger partial charge in [-0.15, -0.1) is 5.10 Å². The minimum atomic E-state index is -0.0181. The Balaban J connectivity index is 1.31. The molecule has 1 aromatic carbocycles. The molecule has 0 saturated carbocycles. The summed E-state index contributed by atoms with van der Waals surface area (Å²) in [4.78, 5) is 21.8. The summed E-state index contributed by atoms with van der Waals surface area (Å²) in [5.41, 5.74) is 2.16. The van der Waals surface area contributed by atoms with Crippen LogP contribution in [0.15, 0.2) is 55.0 Å². The van der Waals surface area contributed by atoms with Gasteiger partial charge in [-0.2, -0.15) is 0 Å². The van der Waals surface area contributed by atoms with E-state index in [1.807, 2.05) is 47.5 Å². The van der Waals surface area contributed by atoms with Crippen molar-refractivity contribution in [3.05, 3.63) is 71.3 Å². The van der Waals surface area contributed by atoms with Crippen molar-refractivity contribution < 1.29 is 4.79 Å². The second-order valence-corrected chi connectivity index (χ2v) is 8.21. The van der Waals surface area contributed by atoms with Crippen molar-refractivity contribution in [2.75, 3.05) is 32.7 Å². The van der Waals surface area contributed by atoms with Gasteiger partial charge in [0.2, 0.25) is 5.91 Å². The highest BCUT2D eigenvalue weighted by Gasteiger charge is 2.25. The molecule has 1 atom stereocenters. The molecule has 1 aliphatic rings. The molecule has 0 unspecified atom stereocenters. The summed E-state index contributed by atoms with van der Waals surface area (Å²) in [7, 11) is 0. The van der Waals surface area contributed by atoms with Crippen molar-refractivity contribution in [3.8, 4) is 0 Å². The third kappa shape index (κ3) is 6.08. The largest absolute Gasteiger partial charge is 0.340 e. The van der Waals surface area contributed by atoms with Gasteiger partial charge in [-0.25, -0.2) is 4.68 Å². The van der Waals surface area contributed by atoms with Crippen LogP contribution in [0.25, 0.3) is 0 Å². The Morgan fingerprint density at radius 3 is 2.55 bits per heavy atom. The molecule has 4 rings (SSSR count). The summed E-state index contributed by atoms with van der Waals surface area (Å²) in [6, 6.07) is 13.7. The number of halogens is 1. The first-order valence-corrected chi connectivity index (χ1v) is 10.9. The molecular weight excluding hydrogens is 414 g/mol. The van der Waals surface area contributed by atoms with E-state index in [4.69, 9.17) is 11.6 Å². The smallest absolute Gasteiger partial charge is 0.223 e. The molecule has 1 aliphatic heterocycles. The number of amides is 1. The number of piperazine rings is 1. The molecule has 2 aromatic heterocycles. The zero-order valence-electron chi connectivity index (χ0n) is 17.3. The first-order chi connectivity index (χ1) is 15.2. The van der Waals surface area contributed by atoms with E-state index in [0.717, 1.165) is 50.4 Å². The molecule has 1 amide bonds. The molecule has 1 fully saturated rings. The van der Waals surface area contributed by atoms with Gasteiger partial charge >= 0.3 is 0 Å². The summed E-state index contributed by atoms with van der Waals surface area (Å²) in [6.45, 7) is 4.78. The van der Waals surface area contributed by atoms with Gasteiger partial charge < -0.3 is 4.90 Å². The van der Waals surface area contributed by atoms with Gasteiger partial charge in [0, 0.05) is 68.4 Å². The topological polar surface area (TPSA) is 80.0 Å². The predicted octanol–water partition coefficient (Wildman–Crippen LogP) is 2.28. The van der Waals surface area contributed by atoms with E-state index in [1.165, 1.54) is 0 Å². The minimum Gasteiger partial charge on any atom is -0.340 e. The zero-order chi connectivity index (χ0) is 21.5. The summed E-state index contributed by atoms with van der Waals surface area (Å²) in [5.74, 6) is 0.146. The van der Waals surface area contributed by atoms with Gasteiger partial charge in [0.15, 0.2) is 0 Å². The van der Waals surface area contributed by atoms with E-state index >= 15 is 0 Å². The van der Waals surface area contributed by atoms with Crippen molar-refractivity contribution in [3.63, 3.8) is 0 Å². The maximum atomic E-state index is 13.1. The number of hydrogen-bond donors (Lipinski definition) is 0. The molecular formula is C22H26ClN7O. The van der Waals surface area contributed by atoms with Crippen LogP contribution in [0.2, 0.25) is 5.02 Å². The van der Waals surface area contributed by atoms with Gasteiger partial charge in [-0.3, -0.25) is 14.7 Å². The number of hydrogen-bond acceptors (Lipinski definition) is 6. The van der Waals surface area contributed by atoms with Crippen molar-refractivity contribution in [2.45, 2.75) is 25.3 Å². The highest BCUT2D eigenvalue weighted by molar-refractivity contribution is 6.30. The first-order valence-electron chi connectivity index (χ1n) is 10.5. The van der Waals surface area contributed by atoms with Crippen molar-refractivity contribution in [1.82, 2.24) is 35.0 Å². The number of tetrazole rings is 1. The molecule has 0 aliphatic carbocycles. The standard InChI is InChI=1S/C22H26ClN7O/c23-20-6-4-18(5-7-20)19(16-30-17-25-26-27-30)15-22(31)29-13-11-28(12-14-29)10-8-21-3-1-2-9-24-21/h1-7,9,17,19H,8,10-16H2/t19-/m1/s1. The van der Waals surface area contributed by atoms with Crippen LogP contribution in [0.5, 0.6) is 0 Å². The molecule has 162 valence electrons. The fraction of sp³-hybridized carbons (Fsp3) is 0.409. The molecule has 0 radical (unpaired) electrons. The van der Waals surface area contributed by atoms with Crippen LogP contribution in [0, 0.1) is 0 Å². The summed E-state index contributed by atoms with van der Waals surface area (Å²) in [6.07, 6.45) is 4.75. The van der Waals surface area contributed by atoms with Crippen LogP contribution >= 0.6 is 11.6 Å². The van der Waals surface area contributed by atoms with Crippen LogP contribution < -0.4 is 0 Å². The van der Waals surface area contributed by atoms with Crippen LogP contribution in [-0.4, -0.2) is 73.6 Å². The fourth-order valence-electron chi connectivity index (χ4n) is 3.89. The third-order valence-electron chi connectivity index (χ3n) is 5.70. The van der Waals surface area contributed by atoms with Gasteiger partial charge in [0.1, 0.15) is 6.33 Å². The van der Waals surface area contributed by atoms with Gasteiger partial charge in [-0.1, -0.05) is 29.8 Å². The second kappa shape index (κ2) is 10.5. The Bertz CT molecular complexity index is 942. The average molecular weight is 440 g/mol. The lowest BCUT2D eigenvalue weighted by Gasteiger charge is -2.35. The number of pyridine rings is 1. The fourth-order valence-corrected chi connectivity index (χ4v) is 4.02. The lowest BCUT2D eigenvalue weighted by molar-refractivity contribution is -0.133. The molecule has 8 nitrogen and oxygen atoms in total. The molecule has 1 saturated heterocycles. The number of benzene rings is 1. The monoisotopic (exact) mass is 439 g/mol. The summed E-state index contributed by atoms with van der Waals surface area (Å²) < 4.78 is 1.67. The third-order valence-corrected chi connectivity index (χ3v) is 5.95.